The molecule has 0 amide bonds. The number of nitrogens with zero attached hydrogens (tertiary/aromatic N) is 1. The molecule has 0 bridgehead atoms. The first-order valence-corrected chi connectivity index (χ1v) is 8.30. The maximum atomic E-state index is 11.8. The van der Waals surface area contributed by atoms with Crippen LogP contribution in [0, 0.1) is 0 Å². The summed E-state index contributed by atoms with van der Waals surface area (Å²) in [4.78, 5) is 28.3. The quantitative estimate of drug-likeness (QED) is 0.629. The predicted molar refractivity (Wildman–Crippen MR) is 77.1 cm³/mol. The molecule has 4 nitrogen and oxygen atoms in total. The van der Waals surface area contributed by atoms with Gasteiger partial charge in [0.05, 0.1) is 11.9 Å². The Morgan fingerprint density at radius 2 is 2.21 bits per heavy atom. The number of ether oxygens (including phenoxy) is 1. The van der Waals surface area contributed by atoms with Crippen molar-refractivity contribution in [2.45, 2.75) is 38.4 Å². The summed E-state index contributed by atoms with van der Waals surface area (Å²) in [5, 5.41) is 1.21. The average molecular weight is 299 g/mol. The molecule has 0 saturated carbocycles. The lowest BCUT2D eigenvalue weighted by molar-refractivity contribution is 0.0517. The lowest BCUT2D eigenvalue weighted by Gasteiger charge is -2.18. The average Bonchev–Trinajstić information content (AvgIpc) is 2.85. The van der Waals surface area contributed by atoms with Crippen molar-refractivity contribution in [3.8, 4) is 0 Å². The zero-order valence-corrected chi connectivity index (χ0v) is 12.7. The number of esters is 1. The Morgan fingerprint density at radius 3 is 2.79 bits per heavy atom. The third-order valence-electron chi connectivity index (χ3n) is 2.89. The molecule has 1 unspecified atom stereocenters. The molecule has 1 aliphatic heterocycles. The summed E-state index contributed by atoms with van der Waals surface area (Å²) < 4.78 is 4.97. The van der Waals surface area contributed by atoms with Crippen LogP contribution < -0.4 is 0 Å². The van der Waals surface area contributed by atoms with E-state index in [4.69, 9.17) is 4.74 Å². The fraction of sp³-hybridized carbons (Fsp3) is 0.615. The second-order valence-corrected chi connectivity index (χ2v) is 6.70. The highest BCUT2D eigenvalue weighted by Gasteiger charge is 2.26. The summed E-state index contributed by atoms with van der Waals surface area (Å²) in [6, 6.07) is 0. The van der Waals surface area contributed by atoms with E-state index >= 15 is 0 Å². The summed E-state index contributed by atoms with van der Waals surface area (Å²) in [6.45, 7) is 3.50. The number of thioether (sulfide) groups is 1. The highest BCUT2D eigenvalue weighted by atomic mass is 32.2. The van der Waals surface area contributed by atoms with Crippen molar-refractivity contribution in [1.82, 2.24) is 4.98 Å². The smallest absolute Gasteiger partial charge is 0.358 e. The fourth-order valence-corrected chi connectivity index (χ4v) is 4.48. The Morgan fingerprint density at radius 1 is 1.42 bits per heavy atom. The summed E-state index contributed by atoms with van der Waals surface area (Å²) in [6.07, 6.45) is 3.48. The molecular weight excluding hydrogens is 282 g/mol. The molecule has 104 valence electrons. The van der Waals surface area contributed by atoms with E-state index in [1.165, 1.54) is 31.1 Å². The van der Waals surface area contributed by atoms with Gasteiger partial charge in [-0.25, -0.2) is 9.78 Å². The molecule has 0 spiro atoms. The molecule has 0 N–H and O–H groups in total. The Labute approximate surface area is 120 Å². The van der Waals surface area contributed by atoms with Gasteiger partial charge in [0, 0.05) is 6.92 Å². The molecule has 1 fully saturated rings. The molecule has 2 heterocycles. The van der Waals surface area contributed by atoms with Gasteiger partial charge in [-0.3, -0.25) is 4.79 Å². The Balaban J connectivity index is 2.28. The standard InChI is InChI=1S/C13H17NO3S2/c1-3-17-13(16)10-11(8(2)15)19-12(14-10)9-6-4-5-7-18-9/h9H,3-7H2,1-2H3. The third-order valence-corrected chi connectivity index (χ3v) is 5.69. The molecule has 1 saturated heterocycles. The van der Waals surface area contributed by atoms with Crippen LogP contribution >= 0.6 is 23.1 Å². The van der Waals surface area contributed by atoms with Crippen LogP contribution in [0.2, 0.25) is 0 Å². The first-order chi connectivity index (χ1) is 9.13. The molecule has 2 rings (SSSR count). The largest absolute Gasteiger partial charge is 0.461 e. The molecule has 6 heteroatoms. The van der Waals surface area contributed by atoms with Gasteiger partial charge >= 0.3 is 5.97 Å². The van der Waals surface area contributed by atoms with Gasteiger partial charge in [-0.1, -0.05) is 6.42 Å². The first kappa shape index (κ1) is 14.5. The van der Waals surface area contributed by atoms with E-state index < -0.39 is 5.97 Å². The summed E-state index contributed by atoms with van der Waals surface area (Å²) >= 11 is 3.21. The number of carbonyl (C=O) groups excluding carboxylic acids is 2. The monoisotopic (exact) mass is 299 g/mol. The fourth-order valence-electron chi connectivity index (χ4n) is 1.99. The van der Waals surface area contributed by atoms with E-state index in [9.17, 15) is 9.59 Å². The van der Waals surface area contributed by atoms with Crippen LogP contribution in [0.1, 0.15) is 63.5 Å². The minimum atomic E-state index is -0.490. The zero-order valence-electron chi connectivity index (χ0n) is 11.1. The van der Waals surface area contributed by atoms with Crippen LogP contribution in [-0.2, 0) is 4.74 Å². The highest BCUT2D eigenvalue weighted by Crippen LogP contribution is 2.40. The van der Waals surface area contributed by atoms with Gasteiger partial charge in [-0.15, -0.1) is 11.3 Å². The van der Waals surface area contributed by atoms with Gasteiger partial charge in [-0.2, -0.15) is 11.8 Å². The van der Waals surface area contributed by atoms with E-state index in [1.807, 2.05) is 11.8 Å². The number of ketones is 1. The number of aromatic nitrogens is 1. The first-order valence-electron chi connectivity index (χ1n) is 6.43. The van der Waals surface area contributed by atoms with Gasteiger partial charge in [0.2, 0.25) is 0 Å². The van der Waals surface area contributed by atoms with Crippen molar-refractivity contribution < 1.29 is 14.3 Å². The summed E-state index contributed by atoms with van der Waals surface area (Å²) in [5.74, 6) is 0.512. The van der Waals surface area contributed by atoms with E-state index in [0.717, 1.165) is 17.2 Å². The topological polar surface area (TPSA) is 56.3 Å². The lowest BCUT2D eigenvalue weighted by atomic mass is 10.2. The second-order valence-electron chi connectivity index (χ2n) is 4.36. The molecule has 1 aliphatic rings. The third kappa shape index (κ3) is 3.36. The van der Waals surface area contributed by atoms with E-state index in [-0.39, 0.29) is 11.5 Å². The summed E-state index contributed by atoms with van der Waals surface area (Å²) in [5.41, 5.74) is 0.195. The van der Waals surface area contributed by atoms with Gasteiger partial charge in [0.25, 0.3) is 0 Å². The van der Waals surface area contributed by atoms with Crippen LogP contribution in [-0.4, -0.2) is 29.1 Å². The van der Waals surface area contributed by atoms with Crippen LogP contribution in [0.5, 0.6) is 0 Å². The molecule has 0 aliphatic carbocycles. The van der Waals surface area contributed by atoms with Gasteiger partial charge in [0.15, 0.2) is 11.5 Å². The molecule has 0 radical (unpaired) electrons. The number of hydrogen-bond donors (Lipinski definition) is 0. The SMILES string of the molecule is CCOC(=O)c1nc(C2CCCCS2)sc1C(C)=O. The van der Waals surface area contributed by atoms with Crippen molar-refractivity contribution >= 4 is 34.9 Å². The minimum absolute atomic E-state index is 0.118. The maximum absolute atomic E-state index is 11.8. The number of carbonyl (C=O) groups is 2. The van der Waals surface area contributed by atoms with Crippen molar-refractivity contribution in [3.05, 3.63) is 15.6 Å². The number of rotatable bonds is 4. The Hall–Kier alpha value is -0.880. The molecule has 1 aromatic heterocycles. The molecule has 1 atom stereocenters. The van der Waals surface area contributed by atoms with E-state index in [1.54, 1.807) is 6.92 Å². The zero-order chi connectivity index (χ0) is 13.8. The van der Waals surface area contributed by atoms with Crippen molar-refractivity contribution in [2.24, 2.45) is 0 Å². The van der Waals surface area contributed by atoms with E-state index in [2.05, 4.69) is 4.98 Å². The predicted octanol–water partition coefficient (Wildman–Crippen LogP) is 3.48. The molecule has 1 aromatic rings. The van der Waals surface area contributed by atoms with Gasteiger partial charge in [0.1, 0.15) is 9.88 Å². The normalized spacial score (nSPS) is 19.2. The van der Waals surface area contributed by atoms with Gasteiger partial charge < -0.3 is 4.74 Å². The Bertz CT molecular complexity index is 478. The van der Waals surface area contributed by atoms with Crippen molar-refractivity contribution in [1.29, 1.82) is 0 Å². The van der Waals surface area contributed by atoms with Crippen LogP contribution in [0.3, 0.4) is 0 Å². The second kappa shape index (κ2) is 6.52. The van der Waals surface area contributed by atoms with E-state index in [0.29, 0.717) is 16.7 Å². The number of Topliss-reactive ketones (excluding diaryl/α,β-unsaturated/α-hetero) is 1. The number of thiazole rings is 1. The maximum Gasteiger partial charge on any atom is 0.358 e. The van der Waals surface area contributed by atoms with Crippen molar-refractivity contribution in [2.75, 3.05) is 12.4 Å². The molecule has 0 aromatic carbocycles. The molecule has 19 heavy (non-hydrogen) atoms. The van der Waals surface area contributed by atoms with Crippen LogP contribution in [0.15, 0.2) is 0 Å². The minimum Gasteiger partial charge on any atom is -0.461 e. The van der Waals surface area contributed by atoms with Crippen LogP contribution in [0.4, 0.5) is 0 Å². The highest BCUT2D eigenvalue weighted by molar-refractivity contribution is 7.99. The van der Waals surface area contributed by atoms with Crippen LogP contribution in [0.25, 0.3) is 0 Å². The number of hydrogen-bond acceptors (Lipinski definition) is 6. The Kier molecular flexibility index (Phi) is 4.99. The van der Waals surface area contributed by atoms with Gasteiger partial charge in [-0.05, 0) is 25.5 Å². The summed E-state index contributed by atoms with van der Waals surface area (Å²) in [7, 11) is 0. The molecular formula is C13H17NO3S2. The lowest BCUT2D eigenvalue weighted by Crippen LogP contribution is -2.10. The van der Waals surface area contributed by atoms with Crippen molar-refractivity contribution in [3.63, 3.8) is 0 Å².